The first-order valence-electron chi connectivity index (χ1n) is 11.3. The van der Waals surface area contributed by atoms with Crippen LogP contribution in [-0.2, 0) is 6.42 Å². The molecule has 0 fully saturated rings. The highest BCUT2D eigenvalue weighted by Crippen LogP contribution is 2.42. The van der Waals surface area contributed by atoms with E-state index in [1.165, 1.54) is 0 Å². The van der Waals surface area contributed by atoms with Gasteiger partial charge < -0.3 is 19.1 Å². The average molecular weight is 454 g/mol. The number of hydrogen-bond donors (Lipinski definition) is 0. The number of amides is 1. The zero-order valence-electron chi connectivity index (χ0n) is 19.6. The molecule has 0 aromatic heterocycles. The van der Waals surface area contributed by atoms with E-state index in [-0.39, 0.29) is 11.9 Å². The molecule has 5 heteroatoms. The van der Waals surface area contributed by atoms with Gasteiger partial charge in [0.2, 0.25) is 0 Å². The Labute approximate surface area is 199 Å². The Morgan fingerprint density at radius 1 is 0.824 bits per heavy atom. The van der Waals surface area contributed by atoms with E-state index in [9.17, 15) is 4.79 Å². The SMILES string of the molecule is COc1ccc([C@H]2c3cc(OC)c(OC)cc3CCN2C(=O)c2cccc3ccccc23)cc1. The summed E-state index contributed by atoms with van der Waals surface area (Å²) in [5.74, 6) is 2.14. The van der Waals surface area contributed by atoms with Crippen molar-refractivity contribution in [1.29, 1.82) is 0 Å². The number of methoxy groups -OCH3 is 3. The normalized spacial score (nSPS) is 15.0. The lowest BCUT2D eigenvalue weighted by Crippen LogP contribution is -2.40. The van der Waals surface area contributed by atoms with Gasteiger partial charge in [0.05, 0.1) is 27.4 Å². The quantitative estimate of drug-likeness (QED) is 0.392. The fourth-order valence-corrected chi connectivity index (χ4v) is 4.88. The maximum atomic E-state index is 14.1. The topological polar surface area (TPSA) is 48.0 Å². The molecule has 5 nitrogen and oxygen atoms in total. The van der Waals surface area contributed by atoms with Crippen LogP contribution in [0.2, 0.25) is 0 Å². The first-order chi connectivity index (χ1) is 16.6. The van der Waals surface area contributed by atoms with Gasteiger partial charge in [0.1, 0.15) is 5.75 Å². The minimum Gasteiger partial charge on any atom is -0.497 e. The number of nitrogens with zero attached hydrogens (tertiary/aromatic N) is 1. The molecular weight excluding hydrogens is 426 g/mol. The van der Waals surface area contributed by atoms with Crippen LogP contribution in [0.4, 0.5) is 0 Å². The van der Waals surface area contributed by atoms with Gasteiger partial charge >= 0.3 is 0 Å². The van der Waals surface area contributed by atoms with Crippen molar-refractivity contribution in [3.05, 3.63) is 101 Å². The summed E-state index contributed by atoms with van der Waals surface area (Å²) in [4.78, 5) is 16.0. The van der Waals surface area contributed by atoms with Crippen molar-refractivity contribution in [1.82, 2.24) is 4.90 Å². The van der Waals surface area contributed by atoms with E-state index in [4.69, 9.17) is 14.2 Å². The molecule has 1 atom stereocenters. The highest BCUT2D eigenvalue weighted by atomic mass is 16.5. The Balaban J connectivity index is 1.66. The van der Waals surface area contributed by atoms with E-state index in [0.717, 1.165) is 39.6 Å². The predicted octanol–water partition coefficient (Wildman–Crippen LogP) is 5.65. The Morgan fingerprint density at radius 3 is 2.26 bits per heavy atom. The number of carbonyl (C=O) groups is 1. The van der Waals surface area contributed by atoms with Crippen LogP contribution in [0.5, 0.6) is 17.2 Å². The third-order valence-corrected chi connectivity index (χ3v) is 6.59. The van der Waals surface area contributed by atoms with Crippen LogP contribution >= 0.6 is 0 Å². The molecule has 1 aliphatic heterocycles. The zero-order valence-corrected chi connectivity index (χ0v) is 19.6. The van der Waals surface area contributed by atoms with Crippen molar-refractivity contribution in [2.24, 2.45) is 0 Å². The maximum absolute atomic E-state index is 14.1. The molecule has 1 heterocycles. The molecule has 0 N–H and O–H groups in total. The van der Waals surface area contributed by atoms with E-state index < -0.39 is 0 Å². The third-order valence-electron chi connectivity index (χ3n) is 6.59. The van der Waals surface area contributed by atoms with Crippen LogP contribution < -0.4 is 14.2 Å². The fourth-order valence-electron chi connectivity index (χ4n) is 4.88. The van der Waals surface area contributed by atoms with Gasteiger partial charge in [-0.15, -0.1) is 0 Å². The molecule has 0 bridgehead atoms. The lowest BCUT2D eigenvalue weighted by atomic mass is 9.87. The molecule has 1 amide bonds. The molecule has 0 unspecified atom stereocenters. The number of fused-ring (bicyclic) bond motifs is 2. The molecule has 1 aliphatic rings. The summed E-state index contributed by atoms with van der Waals surface area (Å²) in [5.41, 5.74) is 3.92. The smallest absolute Gasteiger partial charge is 0.255 e. The molecule has 34 heavy (non-hydrogen) atoms. The van der Waals surface area contributed by atoms with Gasteiger partial charge in [-0.2, -0.15) is 0 Å². The highest BCUT2D eigenvalue weighted by Gasteiger charge is 2.34. The van der Waals surface area contributed by atoms with Crippen molar-refractivity contribution in [3.63, 3.8) is 0 Å². The summed E-state index contributed by atoms with van der Waals surface area (Å²) in [6.07, 6.45) is 0.735. The van der Waals surface area contributed by atoms with E-state index in [1.54, 1.807) is 21.3 Å². The molecule has 0 aliphatic carbocycles. The van der Waals surface area contributed by atoms with Crippen molar-refractivity contribution < 1.29 is 19.0 Å². The van der Waals surface area contributed by atoms with Gasteiger partial charge in [0, 0.05) is 12.1 Å². The first kappa shape index (κ1) is 21.8. The lowest BCUT2D eigenvalue weighted by Gasteiger charge is -2.38. The largest absolute Gasteiger partial charge is 0.497 e. The molecular formula is C29H27NO4. The summed E-state index contributed by atoms with van der Waals surface area (Å²) >= 11 is 0. The Kier molecular flexibility index (Phi) is 5.84. The van der Waals surface area contributed by atoms with Gasteiger partial charge in [0.25, 0.3) is 5.91 Å². The van der Waals surface area contributed by atoms with Gasteiger partial charge in [-0.25, -0.2) is 0 Å². The van der Waals surface area contributed by atoms with Crippen LogP contribution in [0.15, 0.2) is 78.9 Å². The second-order valence-electron chi connectivity index (χ2n) is 8.36. The monoisotopic (exact) mass is 453 g/mol. The van der Waals surface area contributed by atoms with Crippen LogP contribution in [0.1, 0.15) is 33.1 Å². The second-order valence-corrected chi connectivity index (χ2v) is 8.36. The molecule has 4 aromatic rings. The van der Waals surface area contributed by atoms with E-state index >= 15 is 0 Å². The number of carbonyl (C=O) groups excluding carboxylic acids is 1. The number of rotatable bonds is 5. The Morgan fingerprint density at radius 2 is 1.53 bits per heavy atom. The van der Waals surface area contributed by atoms with Gasteiger partial charge in [-0.1, -0.05) is 48.5 Å². The molecule has 0 radical (unpaired) electrons. The molecule has 0 spiro atoms. The van der Waals surface area contributed by atoms with Crippen molar-refractivity contribution in [3.8, 4) is 17.2 Å². The zero-order chi connectivity index (χ0) is 23.7. The predicted molar refractivity (Wildman–Crippen MR) is 133 cm³/mol. The Bertz CT molecular complexity index is 1340. The van der Waals surface area contributed by atoms with E-state index in [0.29, 0.717) is 23.6 Å². The lowest BCUT2D eigenvalue weighted by molar-refractivity contribution is 0.0696. The van der Waals surface area contributed by atoms with E-state index in [1.807, 2.05) is 83.8 Å². The highest BCUT2D eigenvalue weighted by molar-refractivity contribution is 6.07. The molecule has 4 aromatic carbocycles. The summed E-state index contributed by atoms with van der Waals surface area (Å²) in [6, 6.07) is 25.6. The number of benzene rings is 4. The minimum atomic E-state index is -0.263. The van der Waals surface area contributed by atoms with Crippen LogP contribution in [0, 0.1) is 0 Å². The third kappa shape index (κ3) is 3.73. The Hall–Kier alpha value is -3.99. The van der Waals surface area contributed by atoms with Crippen molar-refractivity contribution in [2.75, 3.05) is 27.9 Å². The molecule has 172 valence electrons. The van der Waals surface area contributed by atoms with Gasteiger partial charge in [0.15, 0.2) is 11.5 Å². The summed E-state index contributed by atoms with van der Waals surface area (Å²) in [5, 5.41) is 2.01. The van der Waals surface area contributed by atoms with Crippen molar-refractivity contribution in [2.45, 2.75) is 12.5 Å². The first-order valence-corrected chi connectivity index (χ1v) is 11.3. The van der Waals surface area contributed by atoms with Crippen LogP contribution in [-0.4, -0.2) is 38.7 Å². The average Bonchev–Trinajstić information content (AvgIpc) is 2.90. The molecule has 0 saturated heterocycles. The van der Waals surface area contributed by atoms with Gasteiger partial charge in [-0.05, 0) is 64.2 Å². The molecule has 5 rings (SSSR count). The van der Waals surface area contributed by atoms with Gasteiger partial charge in [-0.3, -0.25) is 4.79 Å². The maximum Gasteiger partial charge on any atom is 0.255 e. The van der Waals surface area contributed by atoms with Crippen molar-refractivity contribution >= 4 is 16.7 Å². The minimum absolute atomic E-state index is 0.0121. The summed E-state index contributed by atoms with van der Waals surface area (Å²) < 4.78 is 16.5. The summed E-state index contributed by atoms with van der Waals surface area (Å²) in [7, 11) is 4.93. The van der Waals surface area contributed by atoms with Crippen LogP contribution in [0.25, 0.3) is 10.8 Å². The number of hydrogen-bond acceptors (Lipinski definition) is 4. The summed E-state index contributed by atoms with van der Waals surface area (Å²) in [6.45, 7) is 0.598. The molecule has 0 saturated carbocycles. The van der Waals surface area contributed by atoms with E-state index in [2.05, 4.69) is 0 Å². The standard InChI is InChI=1S/C29H27NO4/c1-32-22-13-11-20(12-14-22)28-25-18-27(34-3)26(33-2)17-21(25)15-16-30(28)29(31)24-10-6-8-19-7-4-5-9-23(19)24/h4-14,17-18,28H,15-16H2,1-3H3/t28-/m0/s1. The van der Waals surface area contributed by atoms with Crippen LogP contribution in [0.3, 0.4) is 0 Å². The second kappa shape index (κ2) is 9.10. The fraction of sp³-hybridized carbons (Fsp3) is 0.207. The number of ether oxygens (including phenoxy) is 3.